The number of hydrogen-bond acceptors (Lipinski definition) is 7. The second-order valence-electron chi connectivity index (χ2n) is 5.51. The Labute approximate surface area is 156 Å². The van der Waals surface area contributed by atoms with E-state index in [1.165, 1.54) is 23.1 Å². The highest BCUT2D eigenvalue weighted by Crippen LogP contribution is 2.35. The number of furan rings is 1. The predicted octanol–water partition coefficient (Wildman–Crippen LogP) is 4.36. The molecule has 0 aliphatic rings. The van der Waals surface area contributed by atoms with Crippen LogP contribution in [0.3, 0.4) is 0 Å². The number of nitrogens with one attached hydrogen (secondary N) is 1. The van der Waals surface area contributed by atoms with Gasteiger partial charge in [0.1, 0.15) is 16.4 Å². The summed E-state index contributed by atoms with van der Waals surface area (Å²) in [5.74, 6) is 1.22. The molecule has 0 saturated carbocycles. The Morgan fingerprint density at radius 1 is 1.42 bits per heavy atom. The summed E-state index contributed by atoms with van der Waals surface area (Å²) in [5, 5.41) is 12.0. The van der Waals surface area contributed by atoms with Gasteiger partial charge in [0.2, 0.25) is 0 Å². The molecule has 1 N–H and O–H groups in total. The van der Waals surface area contributed by atoms with Crippen LogP contribution in [0.1, 0.15) is 23.6 Å². The van der Waals surface area contributed by atoms with Crippen LogP contribution in [0.4, 0.5) is 0 Å². The molecule has 4 rings (SSSR count). The zero-order valence-corrected chi connectivity index (χ0v) is 15.2. The number of pyridine rings is 1. The number of hydrogen-bond donors (Lipinski definition) is 1. The molecule has 26 heavy (non-hydrogen) atoms. The Kier molecular flexibility index (Phi) is 4.32. The van der Waals surface area contributed by atoms with E-state index in [0.717, 1.165) is 5.56 Å². The fourth-order valence-corrected chi connectivity index (χ4v) is 4.39. The molecule has 0 aliphatic carbocycles. The van der Waals surface area contributed by atoms with Gasteiger partial charge in [-0.05, 0) is 31.2 Å². The summed E-state index contributed by atoms with van der Waals surface area (Å²) in [4.78, 5) is 25.0. The lowest BCUT2D eigenvalue weighted by molar-refractivity contribution is 0.583. The molecule has 0 fully saturated rings. The van der Waals surface area contributed by atoms with Crippen LogP contribution in [0.15, 0.2) is 56.3 Å². The van der Waals surface area contributed by atoms with E-state index in [2.05, 4.69) is 21.0 Å². The van der Waals surface area contributed by atoms with Crippen molar-refractivity contribution in [3.05, 3.63) is 63.8 Å². The van der Waals surface area contributed by atoms with Gasteiger partial charge in [-0.15, -0.1) is 11.3 Å². The predicted molar refractivity (Wildman–Crippen MR) is 101 cm³/mol. The van der Waals surface area contributed by atoms with E-state index < -0.39 is 0 Å². The summed E-state index contributed by atoms with van der Waals surface area (Å²) in [5.41, 5.74) is 1.11. The standard InChI is InChI=1S/C18H12N4O2S2/c1-10(26-14-7-11(8-19)4-5-20-14)16-21-17(23)15-12(9-25-18(15)22-16)13-3-2-6-24-13/h2-7,9-10H,1H3,(H,21,22,23). The number of H-pyrrole nitrogens is 1. The summed E-state index contributed by atoms with van der Waals surface area (Å²) < 4.78 is 5.41. The van der Waals surface area contributed by atoms with Crippen LogP contribution in [-0.2, 0) is 0 Å². The van der Waals surface area contributed by atoms with Gasteiger partial charge in [0.25, 0.3) is 5.56 Å². The number of rotatable bonds is 4. The van der Waals surface area contributed by atoms with Gasteiger partial charge in [-0.25, -0.2) is 9.97 Å². The molecule has 0 bridgehead atoms. The maximum atomic E-state index is 12.6. The number of nitriles is 1. The van der Waals surface area contributed by atoms with Gasteiger partial charge in [-0.3, -0.25) is 4.79 Å². The van der Waals surface area contributed by atoms with Crippen molar-refractivity contribution in [2.75, 3.05) is 0 Å². The fourth-order valence-electron chi connectivity index (χ4n) is 2.55. The summed E-state index contributed by atoms with van der Waals surface area (Å²) >= 11 is 2.85. The summed E-state index contributed by atoms with van der Waals surface area (Å²) in [6, 6.07) is 9.08. The zero-order chi connectivity index (χ0) is 18.1. The molecule has 8 heteroatoms. The Balaban J connectivity index is 1.69. The van der Waals surface area contributed by atoms with E-state index in [1.807, 2.05) is 18.4 Å². The van der Waals surface area contributed by atoms with Crippen molar-refractivity contribution < 1.29 is 4.42 Å². The average molecular weight is 380 g/mol. The quantitative estimate of drug-likeness (QED) is 0.528. The van der Waals surface area contributed by atoms with Gasteiger partial charge in [0.15, 0.2) is 0 Å². The third-order valence-corrected chi connectivity index (χ3v) is 5.71. The summed E-state index contributed by atoms with van der Waals surface area (Å²) in [6.07, 6.45) is 3.18. The lowest BCUT2D eigenvalue weighted by Crippen LogP contribution is -2.12. The number of thiophene rings is 1. The first-order chi connectivity index (χ1) is 12.7. The lowest BCUT2D eigenvalue weighted by Gasteiger charge is -2.10. The van der Waals surface area contributed by atoms with Gasteiger partial charge in [-0.2, -0.15) is 5.26 Å². The van der Waals surface area contributed by atoms with Crippen LogP contribution >= 0.6 is 23.1 Å². The fraction of sp³-hybridized carbons (Fsp3) is 0.111. The second-order valence-corrected chi connectivity index (χ2v) is 7.73. The first-order valence-electron chi connectivity index (χ1n) is 7.74. The molecular weight excluding hydrogens is 368 g/mol. The van der Waals surface area contributed by atoms with Crippen molar-refractivity contribution in [3.63, 3.8) is 0 Å². The highest BCUT2D eigenvalue weighted by molar-refractivity contribution is 7.99. The van der Waals surface area contributed by atoms with Crippen LogP contribution in [0.2, 0.25) is 0 Å². The summed E-state index contributed by atoms with van der Waals surface area (Å²) in [6.45, 7) is 1.94. The molecule has 0 aromatic carbocycles. The highest BCUT2D eigenvalue weighted by Gasteiger charge is 2.18. The molecule has 6 nitrogen and oxygen atoms in total. The van der Waals surface area contributed by atoms with Gasteiger partial charge >= 0.3 is 0 Å². The van der Waals surface area contributed by atoms with Crippen molar-refractivity contribution in [1.29, 1.82) is 5.26 Å². The van der Waals surface area contributed by atoms with Gasteiger partial charge < -0.3 is 9.40 Å². The molecule has 4 heterocycles. The largest absolute Gasteiger partial charge is 0.464 e. The van der Waals surface area contributed by atoms with Crippen LogP contribution < -0.4 is 5.56 Å². The number of fused-ring (bicyclic) bond motifs is 1. The number of nitrogens with zero attached hydrogens (tertiary/aromatic N) is 3. The van der Waals surface area contributed by atoms with Crippen molar-refractivity contribution >= 4 is 33.3 Å². The third kappa shape index (κ3) is 3.03. The maximum Gasteiger partial charge on any atom is 0.260 e. The minimum absolute atomic E-state index is 0.122. The maximum absolute atomic E-state index is 12.6. The van der Waals surface area contributed by atoms with Gasteiger partial charge in [0, 0.05) is 17.1 Å². The zero-order valence-electron chi connectivity index (χ0n) is 13.6. The van der Waals surface area contributed by atoms with E-state index in [-0.39, 0.29) is 10.8 Å². The first kappa shape index (κ1) is 16.6. The van der Waals surface area contributed by atoms with Crippen molar-refractivity contribution in [2.24, 2.45) is 0 Å². The topological polar surface area (TPSA) is 95.6 Å². The molecule has 4 aromatic heterocycles. The average Bonchev–Trinajstić information content (AvgIpc) is 3.31. The Bertz CT molecular complexity index is 1170. The van der Waals surface area contributed by atoms with E-state index in [0.29, 0.717) is 32.4 Å². The first-order valence-corrected chi connectivity index (χ1v) is 9.49. The van der Waals surface area contributed by atoms with Crippen LogP contribution in [0.25, 0.3) is 21.5 Å². The van der Waals surface area contributed by atoms with Crippen LogP contribution in [0.5, 0.6) is 0 Å². The van der Waals surface area contributed by atoms with E-state index in [4.69, 9.17) is 9.68 Å². The third-order valence-electron chi connectivity index (χ3n) is 3.80. The minimum atomic E-state index is -0.191. The SMILES string of the molecule is CC(Sc1cc(C#N)ccn1)c1nc2scc(-c3ccco3)c2c(=O)[nH]1. The monoisotopic (exact) mass is 380 g/mol. The van der Waals surface area contributed by atoms with E-state index >= 15 is 0 Å². The number of aromatic nitrogens is 3. The molecule has 4 aromatic rings. The normalized spacial score (nSPS) is 12.2. The van der Waals surface area contributed by atoms with Crippen LogP contribution in [0, 0.1) is 11.3 Å². The van der Waals surface area contributed by atoms with Crippen molar-refractivity contribution in [2.45, 2.75) is 17.2 Å². The van der Waals surface area contributed by atoms with Crippen molar-refractivity contribution in [1.82, 2.24) is 15.0 Å². The molecule has 0 radical (unpaired) electrons. The van der Waals surface area contributed by atoms with Gasteiger partial charge in [0.05, 0.1) is 33.6 Å². The smallest absolute Gasteiger partial charge is 0.260 e. The Morgan fingerprint density at radius 2 is 2.31 bits per heavy atom. The number of thioether (sulfide) groups is 1. The Hall–Kier alpha value is -2.89. The molecule has 1 unspecified atom stereocenters. The summed E-state index contributed by atoms with van der Waals surface area (Å²) in [7, 11) is 0. The van der Waals surface area contributed by atoms with Gasteiger partial charge in [-0.1, -0.05) is 11.8 Å². The highest BCUT2D eigenvalue weighted by atomic mass is 32.2. The molecule has 0 amide bonds. The second kappa shape index (κ2) is 6.78. The van der Waals surface area contributed by atoms with E-state index in [9.17, 15) is 4.79 Å². The molecule has 0 aliphatic heterocycles. The Morgan fingerprint density at radius 3 is 3.08 bits per heavy atom. The van der Waals surface area contributed by atoms with Crippen molar-refractivity contribution in [3.8, 4) is 17.4 Å². The molecular formula is C18H12N4O2S2. The molecule has 0 spiro atoms. The van der Waals surface area contributed by atoms with E-state index in [1.54, 1.807) is 30.7 Å². The lowest BCUT2D eigenvalue weighted by atomic mass is 10.2. The number of aromatic amines is 1. The molecule has 1 atom stereocenters. The molecule has 0 saturated heterocycles. The van der Waals surface area contributed by atoms with Crippen LogP contribution in [-0.4, -0.2) is 15.0 Å². The minimum Gasteiger partial charge on any atom is -0.464 e. The molecule has 128 valence electrons.